The van der Waals surface area contributed by atoms with E-state index in [-0.39, 0.29) is 11.5 Å². The molecule has 1 aromatic carbocycles. The standard InChI is InChI=1S/C14H14O4S/c1-9-3-5-12(7-10(9)2)19(17)8-11-4-6-13(18-11)14(15)16/h3-7H,8H2,1-2H3,(H,15,16). The molecule has 100 valence electrons. The van der Waals surface area contributed by atoms with Gasteiger partial charge in [0, 0.05) is 4.90 Å². The summed E-state index contributed by atoms with van der Waals surface area (Å²) in [4.78, 5) is 11.4. The Morgan fingerprint density at radius 1 is 1.21 bits per heavy atom. The predicted molar refractivity (Wildman–Crippen MR) is 71.7 cm³/mol. The van der Waals surface area contributed by atoms with Gasteiger partial charge in [0.2, 0.25) is 5.76 Å². The van der Waals surface area contributed by atoms with Crippen molar-refractivity contribution in [1.29, 1.82) is 0 Å². The van der Waals surface area contributed by atoms with E-state index in [1.165, 1.54) is 6.07 Å². The number of hydrogen-bond donors (Lipinski definition) is 1. The molecule has 0 radical (unpaired) electrons. The highest BCUT2D eigenvalue weighted by atomic mass is 32.2. The van der Waals surface area contributed by atoms with Gasteiger partial charge in [0.1, 0.15) is 5.76 Å². The first-order valence-electron chi connectivity index (χ1n) is 5.75. The highest BCUT2D eigenvalue weighted by Crippen LogP contribution is 2.17. The Kier molecular flexibility index (Phi) is 3.85. The van der Waals surface area contributed by atoms with Crippen LogP contribution in [0.25, 0.3) is 0 Å². The Bertz CT molecular complexity index is 643. The average molecular weight is 278 g/mol. The molecule has 5 heteroatoms. The number of benzene rings is 1. The zero-order chi connectivity index (χ0) is 14.0. The normalized spacial score (nSPS) is 12.3. The summed E-state index contributed by atoms with van der Waals surface area (Å²) >= 11 is 0. The van der Waals surface area contributed by atoms with Crippen molar-refractivity contribution in [1.82, 2.24) is 0 Å². The van der Waals surface area contributed by atoms with Gasteiger partial charge >= 0.3 is 5.97 Å². The molecule has 0 spiro atoms. The molecule has 0 saturated heterocycles. The Balaban J connectivity index is 2.15. The van der Waals surface area contributed by atoms with Crippen molar-refractivity contribution in [3.63, 3.8) is 0 Å². The number of rotatable bonds is 4. The molecule has 1 unspecified atom stereocenters. The summed E-state index contributed by atoms with van der Waals surface area (Å²) in [6.45, 7) is 3.96. The van der Waals surface area contributed by atoms with Crippen LogP contribution in [0.2, 0.25) is 0 Å². The van der Waals surface area contributed by atoms with Crippen LogP contribution >= 0.6 is 0 Å². The third kappa shape index (κ3) is 3.12. The summed E-state index contributed by atoms with van der Waals surface area (Å²) in [5.74, 6) is -0.667. The van der Waals surface area contributed by atoms with Gasteiger partial charge in [-0.05, 0) is 49.2 Å². The molecule has 0 aliphatic heterocycles. The molecule has 1 N–H and O–H groups in total. The van der Waals surface area contributed by atoms with Crippen molar-refractivity contribution in [2.75, 3.05) is 0 Å². The van der Waals surface area contributed by atoms with Crippen LogP contribution in [-0.4, -0.2) is 15.3 Å². The highest BCUT2D eigenvalue weighted by molar-refractivity contribution is 7.84. The largest absolute Gasteiger partial charge is 0.475 e. The molecule has 0 fully saturated rings. The number of carbonyl (C=O) groups is 1. The molecule has 1 heterocycles. The van der Waals surface area contributed by atoms with Crippen molar-refractivity contribution in [2.24, 2.45) is 0 Å². The van der Waals surface area contributed by atoms with Crippen LogP contribution in [-0.2, 0) is 16.6 Å². The summed E-state index contributed by atoms with van der Waals surface area (Å²) in [6.07, 6.45) is 0. The minimum Gasteiger partial charge on any atom is -0.475 e. The lowest BCUT2D eigenvalue weighted by Gasteiger charge is -2.04. The monoisotopic (exact) mass is 278 g/mol. The first-order valence-corrected chi connectivity index (χ1v) is 7.07. The summed E-state index contributed by atoms with van der Waals surface area (Å²) in [5, 5.41) is 8.75. The van der Waals surface area contributed by atoms with Crippen LogP contribution in [0.1, 0.15) is 27.4 Å². The van der Waals surface area contributed by atoms with Crippen LogP contribution in [0.5, 0.6) is 0 Å². The minimum absolute atomic E-state index is 0.132. The van der Waals surface area contributed by atoms with Crippen LogP contribution in [0.15, 0.2) is 39.6 Å². The summed E-state index contributed by atoms with van der Waals surface area (Å²) in [7, 11) is -1.24. The first-order chi connectivity index (χ1) is 8.97. The maximum Gasteiger partial charge on any atom is 0.371 e. The second kappa shape index (κ2) is 5.40. The van der Waals surface area contributed by atoms with Gasteiger partial charge in [0.05, 0.1) is 16.6 Å². The lowest BCUT2D eigenvalue weighted by molar-refractivity contribution is 0.0661. The fraction of sp³-hybridized carbons (Fsp3) is 0.214. The molecule has 4 nitrogen and oxygen atoms in total. The Hall–Kier alpha value is -1.88. The molecule has 1 aromatic heterocycles. The van der Waals surface area contributed by atoms with E-state index in [2.05, 4.69) is 0 Å². The summed E-state index contributed by atoms with van der Waals surface area (Å²) < 4.78 is 17.3. The number of carboxylic acids is 1. The second-order valence-corrected chi connectivity index (χ2v) is 5.76. The molecule has 0 amide bonds. The maximum absolute atomic E-state index is 12.2. The van der Waals surface area contributed by atoms with E-state index in [0.717, 1.165) is 16.0 Å². The van der Waals surface area contributed by atoms with Crippen molar-refractivity contribution < 1.29 is 18.5 Å². The van der Waals surface area contributed by atoms with Gasteiger partial charge in [-0.15, -0.1) is 0 Å². The molecule has 19 heavy (non-hydrogen) atoms. The van der Waals surface area contributed by atoms with Crippen LogP contribution in [0.3, 0.4) is 0 Å². The lowest BCUT2D eigenvalue weighted by atomic mass is 10.1. The van der Waals surface area contributed by atoms with Gasteiger partial charge in [-0.1, -0.05) is 6.07 Å². The van der Waals surface area contributed by atoms with Crippen molar-refractivity contribution in [3.8, 4) is 0 Å². The number of hydrogen-bond acceptors (Lipinski definition) is 3. The summed E-state index contributed by atoms with van der Waals surface area (Å²) in [5.41, 5.74) is 2.23. The quantitative estimate of drug-likeness (QED) is 0.933. The molecule has 0 aliphatic rings. The van der Waals surface area contributed by atoms with E-state index in [1.807, 2.05) is 32.0 Å². The van der Waals surface area contributed by atoms with Crippen LogP contribution in [0.4, 0.5) is 0 Å². The number of aryl methyl sites for hydroxylation is 2. The van der Waals surface area contributed by atoms with Crippen LogP contribution < -0.4 is 0 Å². The zero-order valence-corrected chi connectivity index (χ0v) is 11.5. The molecule has 0 aliphatic carbocycles. The Morgan fingerprint density at radius 3 is 2.53 bits per heavy atom. The lowest BCUT2D eigenvalue weighted by Crippen LogP contribution is -1.97. The number of aromatic carboxylic acids is 1. The first kappa shape index (κ1) is 13.5. The molecule has 2 aromatic rings. The number of furan rings is 1. The van der Waals surface area contributed by atoms with Gasteiger partial charge in [0.15, 0.2) is 0 Å². The van der Waals surface area contributed by atoms with Crippen molar-refractivity contribution in [3.05, 3.63) is 53.0 Å². The van der Waals surface area contributed by atoms with Gasteiger partial charge in [-0.2, -0.15) is 0 Å². The molecular weight excluding hydrogens is 264 g/mol. The van der Waals surface area contributed by atoms with Crippen LogP contribution in [0, 0.1) is 13.8 Å². The SMILES string of the molecule is Cc1ccc(S(=O)Cc2ccc(C(=O)O)o2)cc1C. The van der Waals surface area contributed by atoms with E-state index in [1.54, 1.807) is 6.07 Å². The fourth-order valence-electron chi connectivity index (χ4n) is 1.64. The highest BCUT2D eigenvalue weighted by Gasteiger charge is 2.12. The van der Waals surface area contributed by atoms with Gasteiger partial charge in [-0.3, -0.25) is 4.21 Å². The molecule has 1 atom stereocenters. The van der Waals surface area contributed by atoms with E-state index >= 15 is 0 Å². The van der Waals surface area contributed by atoms with Crippen molar-refractivity contribution >= 4 is 16.8 Å². The summed E-state index contributed by atoms with van der Waals surface area (Å²) in [6, 6.07) is 8.54. The Morgan fingerprint density at radius 2 is 1.95 bits per heavy atom. The molecule has 0 saturated carbocycles. The van der Waals surface area contributed by atoms with Gasteiger partial charge < -0.3 is 9.52 Å². The van der Waals surface area contributed by atoms with E-state index < -0.39 is 16.8 Å². The second-order valence-electron chi connectivity index (χ2n) is 4.31. The van der Waals surface area contributed by atoms with Crippen molar-refractivity contribution in [2.45, 2.75) is 24.5 Å². The smallest absolute Gasteiger partial charge is 0.371 e. The van der Waals surface area contributed by atoms with E-state index in [0.29, 0.717) is 5.76 Å². The van der Waals surface area contributed by atoms with Gasteiger partial charge in [-0.25, -0.2) is 4.79 Å². The predicted octanol–water partition coefficient (Wildman–Crippen LogP) is 2.90. The average Bonchev–Trinajstić information content (AvgIpc) is 2.81. The third-order valence-corrected chi connectivity index (χ3v) is 4.21. The maximum atomic E-state index is 12.2. The van der Waals surface area contributed by atoms with E-state index in [4.69, 9.17) is 9.52 Å². The Labute approximate surface area is 113 Å². The zero-order valence-electron chi connectivity index (χ0n) is 10.7. The third-order valence-electron chi connectivity index (χ3n) is 2.89. The van der Waals surface area contributed by atoms with E-state index in [9.17, 15) is 9.00 Å². The molecule has 0 bridgehead atoms. The number of carboxylic acid groups (broad SMARTS) is 1. The fourth-order valence-corrected chi connectivity index (χ4v) is 2.75. The minimum atomic E-state index is -1.24. The molecular formula is C14H14O4S. The molecule has 2 rings (SSSR count). The van der Waals surface area contributed by atoms with Gasteiger partial charge in [0.25, 0.3) is 0 Å². The topological polar surface area (TPSA) is 67.5 Å².